The Balaban J connectivity index is 2.19. The summed E-state index contributed by atoms with van der Waals surface area (Å²) in [6.45, 7) is 9.32. The lowest BCUT2D eigenvalue weighted by molar-refractivity contribution is -0.143. The maximum Gasteiger partial charge on any atom is 0.326 e. The molecule has 1 aliphatic heterocycles. The summed E-state index contributed by atoms with van der Waals surface area (Å²) in [7, 11) is 0. The number of nitrogens with one attached hydrogen (secondary N) is 6. The molecule has 19 nitrogen and oxygen atoms in total. The van der Waals surface area contributed by atoms with Gasteiger partial charge < -0.3 is 57.5 Å². The molecule has 11 N–H and O–H groups in total. The second kappa shape index (κ2) is 21.2. The number of aromatic nitrogens is 2. The standard InChI is InChI=1S/C34H57N9O10/c1-7-19(6)27(42-28(46)21(35)14-44)32(50)38-22(11-17(2)3)33(51)43-10-8-9-25(43)30(48)41-26(18(4)5)31(49)40-24(15-45)29(47)39-23(34(52)53)12-20-13-36-16-37-20/h13,16-19,21-27,44-45H,7-12,14-15,35H2,1-6H3,(H,36,37)(H,38,50)(H,39,47)(H,40,49)(H,41,48)(H,42,46)(H,52,53)/t19-,21-,22-,23-,24-,25-,26-,27-/m0/s1. The smallest absolute Gasteiger partial charge is 0.326 e. The third-order valence-corrected chi connectivity index (χ3v) is 9.14. The molecular weight excluding hydrogens is 694 g/mol. The number of rotatable bonds is 21. The Kier molecular flexibility index (Phi) is 17.8. The molecule has 1 saturated heterocycles. The second-order valence-corrected chi connectivity index (χ2v) is 14.2. The van der Waals surface area contributed by atoms with Gasteiger partial charge in [0.05, 0.1) is 19.5 Å². The minimum absolute atomic E-state index is 0.0551. The van der Waals surface area contributed by atoms with Gasteiger partial charge in [-0.15, -0.1) is 0 Å². The van der Waals surface area contributed by atoms with Crippen molar-refractivity contribution >= 4 is 41.4 Å². The molecule has 2 heterocycles. The van der Waals surface area contributed by atoms with Gasteiger partial charge in [-0.2, -0.15) is 0 Å². The van der Waals surface area contributed by atoms with Crippen LogP contribution in [0, 0.1) is 17.8 Å². The van der Waals surface area contributed by atoms with Crippen LogP contribution in [0.25, 0.3) is 0 Å². The summed E-state index contributed by atoms with van der Waals surface area (Å²) in [5, 5.41) is 41.5. The van der Waals surface area contributed by atoms with E-state index in [1.165, 1.54) is 17.4 Å². The van der Waals surface area contributed by atoms with Crippen LogP contribution in [-0.4, -0.2) is 134 Å². The number of carbonyl (C=O) groups is 7. The summed E-state index contributed by atoms with van der Waals surface area (Å²) < 4.78 is 0. The van der Waals surface area contributed by atoms with Gasteiger partial charge in [0, 0.05) is 24.9 Å². The highest BCUT2D eigenvalue weighted by Gasteiger charge is 2.41. The molecule has 0 spiro atoms. The van der Waals surface area contributed by atoms with Crippen molar-refractivity contribution in [3.63, 3.8) is 0 Å². The van der Waals surface area contributed by atoms with Gasteiger partial charge in [0.25, 0.3) is 0 Å². The zero-order chi connectivity index (χ0) is 40.0. The van der Waals surface area contributed by atoms with E-state index in [2.05, 4.69) is 36.6 Å². The van der Waals surface area contributed by atoms with Crippen LogP contribution >= 0.6 is 0 Å². The van der Waals surface area contributed by atoms with Crippen molar-refractivity contribution in [1.82, 2.24) is 41.5 Å². The first-order valence-corrected chi connectivity index (χ1v) is 17.9. The van der Waals surface area contributed by atoms with E-state index in [9.17, 15) is 48.9 Å². The number of nitrogens with two attached hydrogens (primary N) is 1. The fraction of sp³-hybridized carbons (Fsp3) is 0.706. The van der Waals surface area contributed by atoms with Crippen LogP contribution in [0.4, 0.5) is 0 Å². The van der Waals surface area contributed by atoms with Crippen LogP contribution in [0.1, 0.15) is 72.9 Å². The Morgan fingerprint density at radius 2 is 1.49 bits per heavy atom. The summed E-state index contributed by atoms with van der Waals surface area (Å²) in [4.78, 5) is 99.7. The molecule has 0 aliphatic carbocycles. The highest BCUT2D eigenvalue weighted by molar-refractivity contribution is 5.97. The van der Waals surface area contributed by atoms with Crippen molar-refractivity contribution in [1.29, 1.82) is 0 Å². The third-order valence-electron chi connectivity index (χ3n) is 9.14. The van der Waals surface area contributed by atoms with Crippen LogP contribution in [0.2, 0.25) is 0 Å². The molecule has 0 radical (unpaired) electrons. The van der Waals surface area contributed by atoms with Crippen molar-refractivity contribution in [2.24, 2.45) is 23.5 Å². The van der Waals surface area contributed by atoms with Crippen molar-refractivity contribution in [2.75, 3.05) is 19.8 Å². The summed E-state index contributed by atoms with van der Waals surface area (Å²) in [6, 6.07) is -8.48. The number of aromatic amines is 1. The van der Waals surface area contributed by atoms with Crippen LogP contribution in [0.3, 0.4) is 0 Å². The molecule has 0 saturated carbocycles. The quantitative estimate of drug-likeness (QED) is 0.0624. The fourth-order valence-corrected chi connectivity index (χ4v) is 5.83. The highest BCUT2D eigenvalue weighted by Crippen LogP contribution is 2.22. The maximum absolute atomic E-state index is 14.0. The van der Waals surface area contributed by atoms with E-state index in [1.807, 2.05) is 20.8 Å². The van der Waals surface area contributed by atoms with E-state index < -0.39 is 103 Å². The zero-order valence-electron chi connectivity index (χ0n) is 31.3. The topological polar surface area (TPSA) is 298 Å². The fourth-order valence-electron chi connectivity index (χ4n) is 5.83. The number of aliphatic hydroxyl groups excluding tert-OH is 2. The number of likely N-dealkylation sites (tertiary alicyclic amines) is 1. The van der Waals surface area contributed by atoms with E-state index in [1.54, 1.807) is 20.8 Å². The molecule has 1 aromatic rings. The number of amides is 6. The molecule has 0 unspecified atom stereocenters. The van der Waals surface area contributed by atoms with E-state index in [-0.39, 0.29) is 37.6 Å². The average molecular weight is 752 g/mol. The van der Waals surface area contributed by atoms with Crippen molar-refractivity contribution in [3.05, 3.63) is 18.2 Å². The SMILES string of the molecule is CC[C@H](C)[C@H](NC(=O)[C@@H](N)CO)C(=O)N[C@@H](CC(C)C)C(=O)N1CCC[C@H]1C(=O)N[C@H](C(=O)N[C@@H](CO)C(=O)N[C@@H](Cc1cnc[nH]1)C(=O)O)C(C)C. The predicted molar refractivity (Wildman–Crippen MR) is 190 cm³/mol. The molecular formula is C34H57N9O10. The Bertz CT molecular complexity index is 1410. The summed E-state index contributed by atoms with van der Waals surface area (Å²) in [5.74, 6) is -6.54. The molecule has 1 aromatic heterocycles. The summed E-state index contributed by atoms with van der Waals surface area (Å²) >= 11 is 0. The van der Waals surface area contributed by atoms with E-state index in [0.29, 0.717) is 18.5 Å². The van der Waals surface area contributed by atoms with Crippen molar-refractivity contribution < 1.29 is 48.9 Å². The molecule has 1 aliphatic rings. The maximum atomic E-state index is 14.0. The highest BCUT2D eigenvalue weighted by atomic mass is 16.4. The third kappa shape index (κ3) is 13.1. The normalized spacial score (nSPS) is 18.2. The molecule has 19 heteroatoms. The number of imidazole rings is 1. The van der Waals surface area contributed by atoms with Crippen LogP contribution in [-0.2, 0) is 40.0 Å². The summed E-state index contributed by atoms with van der Waals surface area (Å²) in [6.07, 6.45) is 4.07. The van der Waals surface area contributed by atoms with Crippen LogP contribution in [0.15, 0.2) is 12.5 Å². The molecule has 0 bridgehead atoms. The summed E-state index contributed by atoms with van der Waals surface area (Å²) in [5.41, 5.74) is 6.08. The second-order valence-electron chi connectivity index (χ2n) is 14.2. The van der Waals surface area contributed by atoms with Gasteiger partial charge in [-0.3, -0.25) is 28.8 Å². The molecule has 8 atom stereocenters. The number of aliphatic hydroxyl groups is 2. The lowest BCUT2D eigenvalue weighted by Gasteiger charge is -2.32. The number of carboxylic acid groups (broad SMARTS) is 1. The van der Waals surface area contributed by atoms with Gasteiger partial charge in [0.1, 0.15) is 42.3 Å². The molecule has 53 heavy (non-hydrogen) atoms. The Morgan fingerprint density at radius 1 is 0.868 bits per heavy atom. The number of hydrogen-bond acceptors (Lipinski definition) is 11. The van der Waals surface area contributed by atoms with Gasteiger partial charge in [0.2, 0.25) is 35.4 Å². The minimum Gasteiger partial charge on any atom is -0.480 e. The molecule has 0 aromatic carbocycles. The van der Waals surface area contributed by atoms with Crippen molar-refractivity contribution in [2.45, 2.75) is 116 Å². The molecule has 1 fully saturated rings. The van der Waals surface area contributed by atoms with Crippen molar-refractivity contribution in [3.8, 4) is 0 Å². The lowest BCUT2D eigenvalue weighted by Crippen LogP contribution is -2.61. The van der Waals surface area contributed by atoms with Gasteiger partial charge in [-0.25, -0.2) is 9.78 Å². The van der Waals surface area contributed by atoms with Crippen LogP contribution in [0.5, 0.6) is 0 Å². The first-order chi connectivity index (χ1) is 24.9. The minimum atomic E-state index is -1.54. The first-order valence-electron chi connectivity index (χ1n) is 17.9. The van der Waals surface area contributed by atoms with E-state index in [4.69, 9.17) is 5.73 Å². The monoisotopic (exact) mass is 751 g/mol. The first kappa shape index (κ1) is 44.5. The molecule has 298 valence electrons. The molecule has 6 amide bonds. The molecule has 2 rings (SSSR count). The predicted octanol–water partition coefficient (Wildman–Crippen LogP) is -2.49. The van der Waals surface area contributed by atoms with Crippen LogP contribution < -0.4 is 32.3 Å². The average Bonchev–Trinajstić information content (AvgIpc) is 3.82. The number of hydrogen-bond donors (Lipinski definition) is 10. The lowest BCUT2D eigenvalue weighted by atomic mass is 9.96. The number of H-pyrrole nitrogens is 1. The largest absolute Gasteiger partial charge is 0.480 e. The van der Waals surface area contributed by atoms with Gasteiger partial charge in [0.15, 0.2) is 0 Å². The number of nitrogens with zero attached hydrogens (tertiary/aromatic N) is 2. The Hall–Kier alpha value is -4.62. The van der Waals surface area contributed by atoms with Gasteiger partial charge >= 0.3 is 5.97 Å². The van der Waals surface area contributed by atoms with Gasteiger partial charge in [-0.05, 0) is 37.0 Å². The Morgan fingerprint density at radius 3 is 2.02 bits per heavy atom. The van der Waals surface area contributed by atoms with E-state index >= 15 is 0 Å². The number of carboxylic acids is 1. The number of aliphatic carboxylic acids is 1. The van der Waals surface area contributed by atoms with E-state index in [0.717, 1.165) is 0 Å². The zero-order valence-corrected chi connectivity index (χ0v) is 31.3. The van der Waals surface area contributed by atoms with Gasteiger partial charge in [-0.1, -0.05) is 48.0 Å². The Labute approximate surface area is 309 Å². The number of carbonyl (C=O) groups excluding carboxylic acids is 6.